The smallest absolute Gasteiger partial charge is 0.310 e. The molecule has 30 heavy (non-hydrogen) atoms. The van der Waals surface area contributed by atoms with Crippen LogP contribution in [0.15, 0.2) is 54.6 Å². The fourth-order valence-electron chi connectivity index (χ4n) is 3.69. The van der Waals surface area contributed by atoms with Crippen molar-refractivity contribution in [3.8, 4) is 11.5 Å². The van der Waals surface area contributed by atoms with Crippen LogP contribution in [-0.2, 0) is 9.53 Å². The molecule has 3 atom stereocenters. The molecule has 2 aromatic carbocycles. The summed E-state index contributed by atoms with van der Waals surface area (Å²) in [4.78, 5) is 12.9. The minimum absolute atomic E-state index is 0.0524. The summed E-state index contributed by atoms with van der Waals surface area (Å²) in [6, 6.07) is 16.5. The monoisotopic (exact) mass is 485 g/mol. The first-order valence-electron chi connectivity index (χ1n) is 9.38. The average molecular weight is 487 g/mol. The normalized spacial score (nSPS) is 20.8. The molecular weight excluding hydrogens is 465 g/mol. The van der Waals surface area contributed by atoms with Gasteiger partial charge in [-0.1, -0.05) is 91.2 Å². The zero-order valence-electron chi connectivity index (χ0n) is 16.5. The molecule has 2 aromatic rings. The van der Waals surface area contributed by atoms with Gasteiger partial charge in [0.1, 0.15) is 16.5 Å². The number of alkyl halides is 3. The molecule has 1 saturated carbocycles. The summed E-state index contributed by atoms with van der Waals surface area (Å²) in [5, 5.41) is 0. The predicted molar refractivity (Wildman–Crippen MR) is 124 cm³/mol. The first-order chi connectivity index (χ1) is 14.0. The number of esters is 1. The Kier molecular flexibility index (Phi) is 6.87. The lowest BCUT2D eigenvalue weighted by molar-refractivity contribution is -0.149. The number of benzene rings is 2. The molecular formula is C22H22Cl3NO3S. The molecule has 1 fully saturated rings. The van der Waals surface area contributed by atoms with Crippen molar-refractivity contribution in [2.24, 2.45) is 23.0 Å². The average Bonchev–Trinajstić information content (AvgIpc) is 3.18. The standard InChI is InChI=1S/C22H22Cl3NO3S/c1-21(2)16(12-22(23,24)25)17(21)20(27)29-18(19(26)30)13-7-6-10-15(11-13)28-14-8-4-3-5-9-14/h3-11,16-18H,12H2,1-2H3,(H2,26,30)/t16-,17+,18?/m0/s1. The summed E-state index contributed by atoms with van der Waals surface area (Å²) in [5.74, 6) is 0.363. The Morgan fingerprint density at radius 3 is 2.37 bits per heavy atom. The molecule has 0 bridgehead atoms. The number of para-hydroxylation sites is 1. The Balaban J connectivity index is 1.75. The number of hydrogen-bond acceptors (Lipinski definition) is 4. The van der Waals surface area contributed by atoms with Gasteiger partial charge in [-0.25, -0.2) is 0 Å². The van der Waals surface area contributed by atoms with E-state index in [0.29, 0.717) is 17.1 Å². The zero-order valence-corrected chi connectivity index (χ0v) is 19.6. The topological polar surface area (TPSA) is 61.5 Å². The van der Waals surface area contributed by atoms with E-state index in [9.17, 15) is 4.79 Å². The predicted octanol–water partition coefficient (Wildman–Crippen LogP) is 6.38. The lowest BCUT2D eigenvalue weighted by atomic mass is 10.1. The maximum atomic E-state index is 12.9. The molecule has 0 saturated heterocycles. The molecule has 1 aliphatic rings. The van der Waals surface area contributed by atoms with Gasteiger partial charge in [0.15, 0.2) is 9.90 Å². The molecule has 0 amide bonds. The lowest BCUT2D eigenvalue weighted by Gasteiger charge is -2.18. The van der Waals surface area contributed by atoms with Crippen molar-refractivity contribution in [3.05, 3.63) is 60.2 Å². The molecule has 1 aliphatic carbocycles. The van der Waals surface area contributed by atoms with Crippen molar-refractivity contribution >= 4 is 58.0 Å². The van der Waals surface area contributed by atoms with Crippen molar-refractivity contribution < 1.29 is 14.3 Å². The summed E-state index contributed by atoms with van der Waals surface area (Å²) in [5.41, 5.74) is 6.19. The molecule has 8 heteroatoms. The van der Waals surface area contributed by atoms with Gasteiger partial charge in [0.2, 0.25) is 0 Å². The summed E-state index contributed by atoms with van der Waals surface area (Å²) >= 11 is 22.9. The van der Waals surface area contributed by atoms with Crippen LogP contribution >= 0.6 is 47.0 Å². The fourth-order valence-corrected chi connectivity index (χ4v) is 4.37. The van der Waals surface area contributed by atoms with E-state index in [-0.39, 0.29) is 22.7 Å². The van der Waals surface area contributed by atoms with Crippen molar-refractivity contribution in [2.75, 3.05) is 0 Å². The summed E-state index contributed by atoms with van der Waals surface area (Å²) in [6.07, 6.45) is -0.612. The minimum Gasteiger partial charge on any atom is -0.457 e. The van der Waals surface area contributed by atoms with Gasteiger partial charge in [-0.15, -0.1) is 0 Å². The van der Waals surface area contributed by atoms with Crippen LogP contribution < -0.4 is 10.5 Å². The Bertz CT molecular complexity index is 931. The van der Waals surface area contributed by atoms with Gasteiger partial charge >= 0.3 is 5.97 Å². The van der Waals surface area contributed by atoms with E-state index in [1.165, 1.54) is 0 Å². The second kappa shape index (κ2) is 8.91. The van der Waals surface area contributed by atoms with E-state index < -0.39 is 21.8 Å². The van der Waals surface area contributed by atoms with Gasteiger partial charge in [-0.3, -0.25) is 4.79 Å². The molecule has 0 heterocycles. The highest BCUT2D eigenvalue weighted by Gasteiger charge is 2.64. The van der Waals surface area contributed by atoms with Crippen molar-refractivity contribution in [1.82, 2.24) is 0 Å². The Morgan fingerprint density at radius 2 is 1.77 bits per heavy atom. The third-order valence-corrected chi connectivity index (χ3v) is 6.06. The largest absolute Gasteiger partial charge is 0.457 e. The van der Waals surface area contributed by atoms with Crippen LogP contribution in [0.25, 0.3) is 0 Å². The van der Waals surface area contributed by atoms with Crippen LogP contribution in [0.5, 0.6) is 11.5 Å². The zero-order chi connectivity index (χ0) is 22.1. The molecule has 0 radical (unpaired) electrons. The summed E-state index contributed by atoms with van der Waals surface area (Å²) < 4.78 is 10.1. The van der Waals surface area contributed by atoms with Crippen LogP contribution in [0.1, 0.15) is 31.9 Å². The number of rotatable bonds is 7. The number of nitrogens with two attached hydrogens (primary N) is 1. The fraction of sp³-hybridized carbons (Fsp3) is 0.364. The highest BCUT2D eigenvalue weighted by Crippen LogP contribution is 2.63. The lowest BCUT2D eigenvalue weighted by Crippen LogP contribution is -2.26. The van der Waals surface area contributed by atoms with Crippen molar-refractivity contribution in [3.63, 3.8) is 0 Å². The molecule has 0 spiro atoms. The van der Waals surface area contributed by atoms with Gasteiger partial charge < -0.3 is 15.2 Å². The van der Waals surface area contributed by atoms with Crippen molar-refractivity contribution in [2.45, 2.75) is 30.2 Å². The molecule has 3 rings (SSSR count). The van der Waals surface area contributed by atoms with Crippen LogP contribution in [-0.4, -0.2) is 14.8 Å². The molecule has 1 unspecified atom stereocenters. The number of halogens is 3. The summed E-state index contributed by atoms with van der Waals surface area (Å²) in [6.45, 7) is 3.90. The van der Waals surface area contributed by atoms with E-state index in [4.69, 9.17) is 62.2 Å². The Hall–Kier alpha value is -1.53. The SMILES string of the molecule is CC1(C)[C@@H](CC(Cl)(Cl)Cl)[C@@H]1C(=O)OC(C(N)=S)c1cccc(Oc2ccccc2)c1. The van der Waals surface area contributed by atoms with Crippen LogP contribution in [0.2, 0.25) is 0 Å². The second-order valence-corrected chi connectivity index (χ2v) is 10.9. The molecule has 4 nitrogen and oxygen atoms in total. The number of ether oxygens (including phenoxy) is 2. The maximum Gasteiger partial charge on any atom is 0.310 e. The van der Waals surface area contributed by atoms with Crippen LogP contribution in [0, 0.1) is 17.3 Å². The Labute approximate surface area is 196 Å². The van der Waals surface area contributed by atoms with Crippen LogP contribution in [0.3, 0.4) is 0 Å². The summed E-state index contributed by atoms with van der Waals surface area (Å²) in [7, 11) is 0. The minimum atomic E-state index is -1.43. The molecule has 2 N–H and O–H groups in total. The third-order valence-electron chi connectivity index (χ3n) is 5.39. The van der Waals surface area contributed by atoms with Crippen molar-refractivity contribution in [1.29, 1.82) is 0 Å². The number of carbonyl (C=O) groups excluding carboxylic acids is 1. The van der Waals surface area contributed by atoms with E-state index in [1.54, 1.807) is 24.3 Å². The van der Waals surface area contributed by atoms with E-state index in [0.717, 1.165) is 0 Å². The van der Waals surface area contributed by atoms with Gasteiger partial charge in [0.05, 0.1) is 5.92 Å². The highest BCUT2D eigenvalue weighted by molar-refractivity contribution is 7.80. The second-order valence-electron chi connectivity index (χ2n) is 7.93. The third kappa shape index (κ3) is 5.58. The van der Waals surface area contributed by atoms with Gasteiger partial charge in [0, 0.05) is 5.56 Å². The Morgan fingerprint density at radius 1 is 1.13 bits per heavy atom. The maximum absolute atomic E-state index is 12.9. The van der Waals surface area contributed by atoms with E-state index in [1.807, 2.05) is 44.2 Å². The van der Waals surface area contributed by atoms with Gasteiger partial charge in [-0.05, 0) is 42.0 Å². The van der Waals surface area contributed by atoms with E-state index in [2.05, 4.69) is 0 Å². The quantitative estimate of drug-likeness (QED) is 0.279. The van der Waals surface area contributed by atoms with Gasteiger partial charge in [-0.2, -0.15) is 0 Å². The molecule has 0 aromatic heterocycles. The number of hydrogen-bond donors (Lipinski definition) is 1. The van der Waals surface area contributed by atoms with E-state index >= 15 is 0 Å². The first-order valence-corrected chi connectivity index (χ1v) is 10.9. The van der Waals surface area contributed by atoms with Gasteiger partial charge in [0.25, 0.3) is 0 Å². The highest BCUT2D eigenvalue weighted by atomic mass is 35.6. The number of thiocarbonyl (C=S) groups is 1. The van der Waals surface area contributed by atoms with Crippen LogP contribution in [0.4, 0.5) is 0 Å². The number of carbonyl (C=O) groups is 1. The molecule has 0 aliphatic heterocycles. The first kappa shape index (κ1) is 23.1. The molecule has 160 valence electrons.